The van der Waals surface area contributed by atoms with Crippen molar-refractivity contribution in [1.82, 2.24) is 9.72 Å². The zero-order valence-electron chi connectivity index (χ0n) is 17.2. The van der Waals surface area contributed by atoms with Crippen LogP contribution in [0.5, 0.6) is 5.75 Å². The fraction of sp³-hybridized carbons (Fsp3) is 0.125. The van der Waals surface area contributed by atoms with Gasteiger partial charge < -0.3 is 14.4 Å². The van der Waals surface area contributed by atoms with Gasteiger partial charge in [0, 0.05) is 0 Å². The second kappa shape index (κ2) is 8.81. The van der Waals surface area contributed by atoms with Crippen LogP contribution in [0.3, 0.4) is 0 Å². The molecule has 162 valence electrons. The number of ether oxygens (including phenoxy) is 1. The molecule has 32 heavy (non-hydrogen) atoms. The molecule has 0 aliphatic carbocycles. The molecule has 4 aromatic rings. The molecular formula is C24H20N2O6. The van der Waals surface area contributed by atoms with E-state index in [-0.39, 0.29) is 12.1 Å². The predicted octanol–water partition coefficient (Wildman–Crippen LogP) is 3.43. The van der Waals surface area contributed by atoms with Crippen LogP contribution in [0, 0.1) is 6.92 Å². The Labute approximate surface area is 182 Å². The number of aromatic amines is 1. The van der Waals surface area contributed by atoms with Crippen molar-refractivity contribution in [2.75, 3.05) is 0 Å². The molecular weight excluding hydrogens is 412 g/mol. The third kappa shape index (κ3) is 4.70. The molecule has 1 heterocycles. The first-order valence-corrected chi connectivity index (χ1v) is 9.84. The first-order valence-electron chi connectivity index (χ1n) is 9.84. The van der Waals surface area contributed by atoms with E-state index < -0.39 is 17.4 Å². The van der Waals surface area contributed by atoms with Gasteiger partial charge in [0.2, 0.25) is 0 Å². The number of carbonyl (C=O) groups is 1. The van der Waals surface area contributed by atoms with Crippen LogP contribution in [0.1, 0.15) is 27.0 Å². The van der Waals surface area contributed by atoms with Gasteiger partial charge in [-0.1, -0.05) is 36.4 Å². The first-order chi connectivity index (χ1) is 15.4. The van der Waals surface area contributed by atoms with E-state index in [4.69, 9.17) is 14.4 Å². The Balaban J connectivity index is 1.43. The number of benzene rings is 3. The van der Waals surface area contributed by atoms with Gasteiger partial charge in [-0.25, -0.2) is 19.4 Å². The number of hydrogen-bond donors (Lipinski definition) is 2. The lowest BCUT2D eigenvalue weighted by molar-refractivity contribution is 0.0697. The van der Waals surface area contributed by atoms with E-state index in [1.807, 2.05) is 42.2 Å². The lowest BCUT2D eigenvalue weighted by atomic mass is 9.97. The number of carboxylic acid groups (broad SMARTS) is 1. The van der Waals surface area contributed by atoms with E-state index in [1.54, 1.807) is 36.4 Å². The average Bonchev–Trinajstić information content (AvgIpc) is 3.09. The third-order valence-corrected chi connectivity index (χ3v) is 4.99. The highest BCUT2D eigenvalue weighted by Gasteiger charge is 2.08. The Hall–Kier alpha value is -4.33. The summed E-state index contributed by atoms with van der Waals surface area (Å²) in [4.78, 5) is 35.8. The lowest BCUT2D eigenvalue weighted by Gasteiger charge is -2.11. The van der Waals surface area contributed by atoms with Crippen LogP contribution in [0.15, 0.2) is 80.8 Å². The molecule has 0 saturated heterocycles. The Morgan fingerprint density at radius 3 is 2.47 bits per heavy atom. The number of nitrogens with zero attached hydrogens (tertiary/aromatic N) is 1. The molecule has 0 atom stereocenters. The van der Waals surface area contributed by atoms with Crippen LogP contribution in [0.25, 0.3) is 11.1 Å². The van der Waals surface area contributed by atoms with E-state index in [0.29, 0.717) is 12.4 Å². The van der Waals surface area contributed by atoms with Gasteiger partial charge in [0.1, 0.15) is 12.4 Å². The standard InChI is InChI=1S/C24H20N2O6/c1-15-11-19(22(27)28)7-10-21(15)18-4-2-3-17(12-18)14-31-20-8-5-16(6-9-20)13-26-23(29)25-24(30)32-26/h2-12H,13-14H2,1H3,(H,27,28)(H,25,29,30). The van der Waals surface area contributed by atoms with Gasteiger partial charge in [0.25, 0.3) is 0 Å². The maximum Gasteiger partial charge on any atom is 0.440 e. The average molecular weight is 432 g/mol. The van der Waals surface area contributed by atoms with Crippen molar-refractivity contribution in [3.63, 3.8) is 0 Å². The van der Waals surface area contributed by atoms with Crippen molar-refractivity contribution in [2.45, 2.75) is 20.1 Å². The molecule has 0 aliphatic heterocycles. The molecule has 8 nitrogen and oxygen atoms in total. The van der Waals surface area contributed by atoms with Crippen molar-refractivity contribution in [3.05, 3.63) is 110 Å². The van der Waals surface area contributed by atoms with E-state index >= 15 is 0 Å². The van der Waals surface area contributed by atoms with Gasteiger partial charge in [-0.15, -0.1) is 4.74 Å². The highest BCUT2D eigenvalue weighted by molar-refractivity contribution is 5.89. The summed E-state index contributed by atoms with van der Waals surface area (Å²) in [6.45, 7) is 2.38. The summed E-state index contributed by atoms with van der Waals surface area (Å²) in [6.07, 6.45) is 0. The van der Waals surface area contributed by atoms with Gasteiger partial charge in [-0.3, -0.25) is 0 Å². The summed E-state index contributed by atoms with van der Waals surface area (Å²) in [6, 6.07) is 20.1. The van der Waals surface area contributed by atoms with Crippen molar-refractivity contribution in [3.8, 4) is 16.9 Å². The van der Waals surface area contributed by atoms with Gasteiger partial charge in [-0.05, 0) is 65.1 Å². The first kappa shape index (κ1) is 20.9. The Morgan fingerprint density at radius 1 is 1.03 bits per heavy atom. The summed E-state index contributed by atoms with van der Waals surface area (Å²) in [5.74, 6) is -1.08. The fourth-order valence-electron chi connectivity index (χ4n) is 3.39. The molecule has 0 radical (unpaired) electrons. The molecule has 0 spiro atoms. The van der Waals surface area contributed by atoms with Crippen molar-refractivity contribution >= 4 is 5.97 Å². The third-order valence-electron chi connectivity index (χ3n) is 4.99. The number of rotatable bonds is 7. The maximum atomic E-state index is 11.5. The Kier molecular flexibility index (Phi) is 5.76. The molecule has 1 aromatic heterocycles. The number of aryl methyl sites for hydroxylation is 1. The summed E-state index contributed by atoms with van der Waals surface area (Å²) in [5.41, 5.74) is 4.25. The molecule has 0 bridgehead atoms. The number of carboxylic acids is 1. The van der Waals surface area contributed by atoms with Gasteiger partial charge in [0.05, 0.1) is 12.1 Å². The van der Waals surface area contributed by atoms with Gasteiger partial charge in [0.15, 0.2) is 0 Å². The number of H-pyrrole nitrogens is 1. The fourth-order valence-corrected chi connectivity index (χ4v) is 3.39. The van der Waals surface area contributed by atoms with Crippen LogP contribution < -0.4 is 16.2 Å². The van der Waals surface area contributed by atoms with Crippen LogP contribution >= 0.6 is 0 Å². The number of aromatic carboxylic acids is 1. The topological polar surface area (TPSA) is 115 Å². The van der Waals surface area contributed by atoms with E-state index in [1.165, 1.54) is 0 Å². The molecule has 0 fully saturated rings. The lowest BCUT2D eigenvalue weighted by Crippen LogP contribution is -2.17. The minimum absolute atomic E-state index is 0.139. The molecule has 0 saturated carbocycles. The molecule has 0 amide bonds. The molecule has 4 rings (SSSR count). The Bertz CT molecular complexity index is 1380. The minimum Gasteiger partial charge on any atom is -0.489 e. The number of hydrogen-bond acceptors (Lipinski definition) is 5. The second-order valence-electron chi connectivity index (χ2n) is 7.31. The van der Waals surface area contributed by atoms with Crippen molar-refractivity contribution < 1.29 is 19.2 Å². The van der Waals surface area contributed by atoms with E-state index in [2.05, 4.69) is 0 Å². The summed E-state index contributed by atoms with van der Waals surface area (Å²) < 4.78 is 11.6. The zero-order chi connectivity index (χ0) is 22.7. The van der Waals surface area contributed by atoms with E-state index in [0.717, 1.165) is 32.6 Å². The molecule has 3 aromatic carbocycles. The smallest absolute Gasteiger partial charge is 0.440 e. The summed E-state index contributed by atoms with van der Waals surface area (Å²) >= 11 is 0. The number of nitrogens with one attached hydrogen (secondary N) is 1. The minimum atomic E-state index is -0.947. The maximum absolute atomic E-state index is 11.5. The highest BCUT2D eigenvalue weighted by atomic mass is 16.5. The molecule has 0 unspecified atom stereocenters. The van der Waals surface area contributed by atoms with Crippen molar-refractivity contribution in [2.24, 2.45) is 0 Å². The van der Waals surface area contributed by atoms with Gasteiger partial charge in [-0.2, -0.15) is 0 Å². The summed E-state index contributed by atoms with van der Waals surface area (Å²) in [7, 11) is 0. The largest absolute Gasteiger partial charge is 0.489 e. The second-order valence-corrected chi connectivity index (χ2v) is 7.31. The van der Waals surface area contributed by atoms with Crippen LogP contribution in [0.4, 0.5) is 0 Å². The quantitative estimate of drug-likeness (QED) is 0.462. The number of aromatic nitrogens is 2. The van der Waals surface area contributed by atoms with Crippen molar-refractivity contribution in [1.29, 1.82) is 0 Å². The Morgan fingerprint density at radius 2 is 1.81 bits per heavy atom. The van der Waals surface area contributed by atoms with Crippen LogP contribution in [0.2, 0.25) is 0 Å². The molecule has 0 aliphatic rings. The predicted molar refractivity (Wildman–Crippen MR) is 117 cm³/mol. The van der Waals surface area contributed by atoms with Crippen LogP contribution in [-0.4, -0.2) is 20.8 Å². The zero-order valence-corrected chi connectivity index (χ0v) is 17.2. The monoisotopic (exact) mass is 432 g/mol. The van der Waals surface area contributed by atoms with Crippen LogP contribution in [-0.2, 0) is 13.2 Å². The normalized spacial score (nSPS) is 10.8. The van der Waals surface area contributed by atoms with Gasteiger partial charge >= 0.3 is 17.4 Å². The van der Waals surface area contributed by atoms with E-state index in [9.17, 15) is 14.4 Å². The SMILES string of the molecule is Cc1cc(C(=O)O)ccc1-c1cccc(COc2ccc(Cn3oc(=O)[nH]c3=O)cc2)c1. The summed E-state index contributed by atoms with van der Waals surface area (Å²) in [5, 5.41) is 9.15. The highest BCUT2D eigenvalue weighted by Crippen LogP contribution is 2.26. The molecule has 2 N–H and O–H groups in total. The molecule has 8 heteroatoms.